The Bertz CT molecular complexity index is 1470. The van der Waals surface area contributed by atoms with Gasteiger partial charge in [0.25, 0.3) is 0 Å². The third kappa shape index (κ3) is 4.60. The minimum absolute atomic E-state index is 0.0237. The van der Waals surface area contributed by atoms with E-state index >= 15 is 0 Å². The van der Waals surface area contributed by atoms with E-state index in [0.29, 0.717) is 35.8 Å². The zero-order chi connectivity index (χ0) is 24.6. The lowest BCUT2D eigenvalue weighted by molar-refractivity contribution is -0.117. The summed E-state index contributed by atoms with van der Waals surface area (Å²) in [5.74, 6) is 2.64. The zero-order valence-corrected chi connectivity index (χ0v) is 19.9. The first-order valence-corrected chi connectivity index (χ1v) is 12.1. The third-order valence-corrected chi connectivity index (χ3v) is 6.73. The molecule has 6 rings (SSSR count). The van der Waals surface area contributed by atoms with Crippen molar-refractivity contribution in [3.8, 4) is 22.9 Å². The van der Waals surface area contributed by atoms with Crippen LogP contribution in [0.1, 0.15) is 31.4 Å². The highest BCUT2D eigenvalue weighted by Gasteiger charge is 2.31. The number of carbonyl (C=O) groups is 1. The molecular weight excluding hydrogens is 456 g/mol. The maximum atomic E-state index is 12.1. The first-order valence-electron chi connectivity index (χ1n) is 12.1. The van der Waals surface area contributed by atoms with Crippen LogP contribution in [0.3, 0.4) is 0 Å². The van der Waals surface area contributed by atoms with E-state index in [-0.39, 0.29) is 11.8 Å². The van der Waals surface area contributed by atoms with E-state index in [9.17, 15) is 10.1 Å². The first-order chi connectivity index (χ1) is 17.5. The second-order valence-corrected chi connectivity index (χ2v) is 9.62. The van der Waals surface area contributed by atoms with Crippen LogP contribution in [-0.4, -0.2) is 42.9 Å². The van der Waals surface area contributed by atoms with Gasteiger partial charge in [0.2, 0.25) is 5.91 Å². The first kappa shape index (κ1) is 22.1. The minimum atomic E-state index is 0.0237. The minimum Gasteiger partial charge on any atom is -0.491 e. The number of ether oxygens (including phenoxy) is 1. The number of amides is 1. The molecule has 2 fully saturated rings. The number of pyridine rings is 2. The topological polar surface area (TPSA) is 122 Å². The maximum absolute atomic E-state index is 12.1. The summed E-state index contributed by atoms with van der Waals surface area (Å²) in [6.45, 7) is 0.577. The molecule has 10 heteroatoms. The molecular formula is C26H26N8O2. The van der Waals surface area contributed by atoms with E-state index in [2.05, 4.69) is 31.9 Å². The van der Waals surface area contributed by atoms with Crippen molar-refractivity contribution < 1.29 is 9.53 Å². The van der Waals surface area contributed by atoms with Crippen molar-refractivity contribution in [1.82, 2.24) is 24.4 Å². The molecule has 4 aromatic rings. The van der Waals surface area contributed by atoms with Crippen molar-refractivity contribution in [2.45, 2.75) is 31.7 Å². The molecule has 2 aliphatic carbocycles. The summed E-state index contributed by atoms with van der Waals surface area (Å²) < 4.78 is 9.71. The molecule has 0 aliphatic heterocycles. The van der Waals surface area contributed by atoms with Crippen LogP contribution in [-0.2, 0) is 11.8 Å². The van der Waals surface area contributed by atoms with Crippen molar-refractivity contribution >= 4 is 23.1 Å². The summed E-state index contributed by atoms with van der Waals surface area (Å²) in [6.07, 6.45) is 9.29. The lowest BCUT2D eigenvalue weighted by Crippen LogP contribution is -2.38. The van der Waals surface area contributed by atoms with Gasteiger partial charge in [-0.25, -0.2) is 9.50 Å². The van der Waals surface area contributed by atoms with Gasteiger partial charge in [0.1, 0.15) is 23.3 Å². The molecule has 2 aliphatic rings. The highest BCUT2D eigenvalue weighted by Crippen LogP contribution is 2.35. The maximum Gasteiger partial charge on any atom is 0.228 e. The number of anilines is 2. The number of hydrogen-bond acceptors (Lipinski definition) is 7. The number of nitriles is 1. The Labute approximate surface area is 207 Å². The number of aryl methyl sites for hydroxylation is 1. The van der Waals surface area contributed by atoms with E-state index < -0.39 is 0 Å². The Morgan fingerprint density at radius 1 is 1.17 bits per heavy atom. The van der Waals surface area contributed by atoms with Gasteiger partial charge in [-0.15, -0.1) is 0 Å². The largest absolute Gasteiger partial charge is 0.491 e. The van der Waals surface area contributed by atoms with Crippen molar-refractivity contribution in [3.63, 3.8) is 0 Å². The molecule has 0 spiro atoms. The van der Waals surface area contributed by atoms with Gasteiger partial charge < -0.3 is 15.4 Å². The van der Waals surface area contributed by atoms with E-state index in [1.54, 1.807) is 21.5 Å². The summed E-state index contributed by atoms with van der Waals surface area (Å²) in [5.41, 5.74) is 2.85. The fourth-order valence-electron chi connectivity index (χ4n) is 4.54. The van der Waals surface area contributed by atoms with Crippen molar-refractivity contribution in [3.05, 3.63) is 54.6 Å². The molecule has 10 nitrogen and oxygen atoms in total. The fraction of sp³-hybridized carbons (Fsp3) is 0.346. The van der Waals surface area contributed by atoms with Gasteiger partial charge in [-0.2, -0.15) is 15.5 Å². The third-order valence-electron chi connectivity index (χ3n) is 6.73. The average molecular weight is 483 g/mol. The molecule has 4 aromatic heterocycles. The summed E-state index contributed by atoms with van der Waals surface area (Å²) in [5, 5.41) is 24.6. The fourth-order valence-corrected chi connectivity index (χ4v) is 4.54. The Hall–Kier alpha value is -4.39. The molecule has 0 aromatic carbocycles. The van der Waals surface area contributed by atoms with E-state index in [1.165, 1.54) is 0 Å². The lowest BCUT2D eigenvalue weighted by Gasteiger charge is -2.35. The van der Waals surface area contributed by atoms with Crippen LogP contribution < -0.4 is 15.4 Å². The monoisotopic (exact) mass is 482 g/mol. The molecule has 4 heterocycles. The molecule has 2 saturated carbocycles. The molecule has 36 heavy (non-hydrogen) atoms. The van der Waals surface area contributed by atoms with Crippen LogP contribution in [0.4, 0.5) is 11.6 Å². The number of carbonyl (C=O) groups excluding carboxylic acids is 1. The molecule has 0 unspecified atom stereocenters. The summed E-state index contributed by atoms with van der Waals surface area (Å²) in [4.78, 5) is 16.3. The van der Waals surface area contributed by atoms with Crippen molar-refractivity contribution in [1.29, 1.82) is 5.26 Å². The second-order valence-electron chi connectivity index (χ2n) is 9.62. The molecule has 182 valence electrons. The second kappa shape index (κ2) is 9.00. The summed E-state index contributed by atoms with van der Waals surface area (Å²) >= 11 is 0. The van der Waals surface area contributed by atoms with Gasteiger partial charge in [0.15, 0.2) is 5.82 Å². The molecule has 0 radical (unpaired) electrons. The Balaban J connectivity index is 1.15. The van der Waals surface area contributed by atoms with Gasteiger partial charge in [-0.05, 0) is 55.4 Å². The predicted octanol–water partition coefficient (Wildman–Crippen LogP) is 3.62. The predicted molar refractivity (Wildman–Crippen MR) is 133 cm³/mol. The summed E-state index contributed by atoms with van der Waals surface area (Å²) in [6, 6.07) is 12.0. The quantitative estimate of drug-likeness (QED) is 0.393. The molecule has 0 bridgehead atoms. The molecule has 0 atom stereocenters. The van der Waals surface area contributed by atoms with Crippen LogP contribution in [0.25, 0.3) is 16.6 Å². The van der Waals surface area contributed by atoms with Crippen molar-refractivity contribution in [2.24, 2.45) is 18.9 Å². The SMILES string of the molecule is Cn1ccc(NC2CC(COc3cnc(C#N)cc3-c3ccn4nc(NC(=O)C5CC5)cc4c3)C2)n1. The van der Waals surface area contributed by atoms with Gasteiger partial charge in [0, 0.05) is 49.1 Å². The van der Waals surface area contributed by atoms with Crippen LogP contribution in [0, 0.1) is 23.2 Å². The van der Waals surface area contributed by atoms with E-state index in [1.807, 2.05) is 43.7 Å². The smallest absolute Gasteiger partial charge is 0.228 e. The normalized spacial score (nSPS) is 18.9. The van der Waals surface area contributed by atoms with Crippen LogP contribution in [0.2, 0.25) is 0 Å². The summed E-state index contributed by atoms with van der Waals surface area (Å²) in [7, 11) is 1.91. The number of nitrogens with zero attached hydrogens (tertiary/aromatic N) is 6. The number of hydrogen-bond donors (Lipinski definition) is 2. The highest BCUT2D eigenvalue weighted by atomic mass is 16.5. The lowest BCUT2D eigenvalue weighted by atomic mass is 9.81. The Morgan fingerprint density at radius 3 is 2.78 bits per heavy atom. The average Bonchev–Trinajstić information content (AvgIpc) is 3.52. The van der Waals surface area contributed by atoms with Gasteiger partial charge in [-0.1, -0.05) is 0 Å². The molecule has 1 amide bonds. The van der Waals surface area contributed by atoms with Gasteiger partial charge >= 0.3 is 0 Å². The number of aromatic nitrogens is 5. The van der Waals surface area contributed by atoms with Crippen LogP contribution in [0.5, 0.6) is 5.75 Å². The standard InChI is InChI=1S/C26H26N8O2/c1-33-6-5-24(31-33)29-19-8-16(9-19)15-36-23-14-28-20(13-27)11-22(23)18-4-7-34-21(10-18)12-25(32-34)30-26(35)17-2-3-17/h4-7,10-12,14,16-17,19H,2-3,8-9,15H2,1H3,(H,29,31)(H,30,32,35). The number of fused-ring (bicyclic) bond motifs is 1. The van der Waals surface area contributed by atoms with Gasteiger partial charge in [-0.3, -0.25) is 9.48 Å². The molecule has 0 saturated heterocycles. The number of rotatable bonds is 8. The molecule has 2 N–H and O–H groups in total. The zero-order valence-electron chi connectivity index (χ0n) is 19.9. The van der Waals surface area contributed by atoms with Gasteiger partial charge in [0.05, 0.1) is 18.3 Å². The van der Waals surface area contributed by atoms with Crippen LogP contribution >= 0.6 is 0 Å². The number of nitrogens with one attached hydrogen (secondary N) is 2. The van der Waals surface area contributed by atoms with E-state index in [0.717, 1.165) is 48.1 Å². The Morgan fingerprint density at radius 2 is 2.03 bits per heavy atom. The van der Waals surface area contributed by atoms with Crippen LogP contribution in [0.15, 0.2) is 48.9 Å². The van der Waals surface area contributed by atoms with Crippen molar-refractivity contribution in [2.75, 3.05) is 17.2 Å². The van der Waals surface area contributed by atoms with E-state index in [4.69, 9.17) is 4.74 Å². The highest BCUT2D eigenvalue weighted by molar-refractivity contribution is 5.93. The Kier molecular flexibility index (Phi) is 5.52.